The third-order valence-corrected chi connectivity index (χ3v) is 9.56. The molecule has 5 rings (SSSR count). The van der Waals surface area contributed by atoms with Gasteiger partial charge in [-0.2, -0.15) is 0 Å². The Kier molecular flexibility index (Phi) is 8.52. The predicted octanol–water partition coefficient (Wildman–Crippen LogP) is 0.483. The summed E-state index contributed by atoms with van der Waals surface area (Å²) in [6.45, 7) is 3.67. The molecule has 0 bridgehead atoms. The van der Waals surface area contributed by atoms with Crippen molar-refractivity contribution in [2.75, 3.05) is 39.8 Å². The van der Waals surface area contributed by atoms with E-state index in [1.165, 1.54) is 25.7 Å². The van der Waals surface area contributed by atoms with Gasteiger partial charge in [0.25, 0.3) is 0 Å². The summed E-state index contributed by atoms with van der Waals surface area (Å²) >= 11 is 0. The van der Waals surface area contributed by atoms with Gasteiger partial charge in [-0.05, 0) is 50.5 Å². The maximum absolute atomic E-state index is 13.9. The van der Waals surface area contributed by atoms with Crippen LogP contribution in [-0.4, -0.2) is 108 Å². The Hall–Kier alpha value is -1.26. The second kappa shape index (κ2) is 11.6. The predicted molar refractivity (Wildman–Crippen MR) is 135 cm³/mol. The second-order valence-corrected chi connectivity index (χ2v) is 12.1. The number of hydrogen-bond donors (Lipinski definition) is 4. The van der Waals surface area contributed by atoms with Gasteiger partial charge in [-0.15, -0.1) is 0 Å². The summed E-state index contributed by atoms with van der Waals surface area (Å²) in [5, 5.41) is 28.5. The van der Waals surface area contributed by atoms with E-state index in [1.807, 2.05) is 11.9 Å². The lowest BCUT2D eigenvalue weighted by Gasteiger charge is -2.48. The summed E-state index contributed by atoms with van der Waals surface area (Å²) in [4.78, 5) is 29.7. The van der Waals surface area contributed by atoms with Crippen molar-refractivity contribution in [2.45, 2.75) is 101 Å². The second-order valence-electron chi connectivity index (χ2n) is 12.1. The van der Waals surface area contributed by atoms with Crippen molar-refractivity contribution in [1.29, 1.82) is 0 Å². The summed E-state index contributed by atoms with van der Waals surface area (Å²) in [5.74, 6) is 0.523. The molecule has 36 heavy (non-hydrogen) atoms. The highest BCUT2D eigenvalue weighted by molar-refractivity contribution is 5.80. The highest BCUT2D eigenvalue weighted by Gasteiger charge is 2.46. The van der Waals surface area contributed by atoms with E-state index in [0.29, 0.717) is 43.9 Å². The van der Waals surface area contributed by atoms with Gasteiger partial charge in [-0.25, -0.2) is 0 Å². The normalized spacial score (nSPS) is 41.9. The highest BCUT2D eigenvalue weighted by Crippen LogP contribution is 2.39. The number of hydrogen-bond acceptors (Lipinski definition) is 7. The molecule has 0 spiro atoms. The fourth-order valence-electron chi connectivity index (χ4n) is 7.54. The number of fused-ring (bicyclic) bond motifs is 1. The van der Waals surface area contributed by atoms with Crippen molar-refractivity contribution in [3.05, 3.63) is 0 Å². The minimum atomic E-state index is -0.886. The molecule has 5 fully saturated rings. The van der Waals surface area contributed by atoms with Crippen LogP contribution in [-0.2, 0) is 14.3 Å². The molecular weight excluding hydrogens is 460 g/mol. The largest absolute Gasteiger partial charge is 0.393 e. The van der Waals surface area contributed by atoms with Gasteiger partial charge < -0.3 is 35.4 Å². The van der Waals surface area contributed by atoms with E-state index in [2.05, 4.69) is 10.6 Å². The third-order valence-electron chi connectivity index (χ3n) is 9.56. The van der Waals surface area contributed by atoms with Gasteiger partial charge in [0, 0.05) is 64.1 Å². The number of aliphatic hydroxyl groups is 2. The molecule has 3 saturated heterocycles. The Bertz CT molecular complexity index is 777. The Labute approximate surface area is 215 Å². The molecule has 204 valence electrons. The number of carbonyl (C=O) groups is 2. The van der Waals surface area contributed by atoms with Crippen LogP contribution in [0.5, 0.6) is 0 Å². The van der Waals surface area contributed by atoms with E-state index in [0.717, 1.165) is 38.9 Å². The van der Waals surface area contributed by atoms with Crippen LogP contribution in [0.3, 0.4) is 0 Å². The van der Waals surface area contributed by atoms with Crippen molar-refractivity contribution in [2.24, 2.45) is 17.8 Å². The molecule has 2 amide bonds. The van der Waals surface area contributed by atoms with Crippen LogP contribution in [0.2, 0.25) is 0 Å². The van der Waals surface area contributed by atoms with Gasteiger partial charge >= 0.3 is 0 Å². The Morgan fingerprint density at radius 1 is 1.11 bits per heavy atom. The molecule has 9 atom stereocenters. The van der Waals surface area contributed by atoms with Crippen LogP contribution in [0.25, 0.3) is 0 Å². The Morgan fingerprint density at radius 2 is 1.97 bits per heavy atom. The molecule has 3 aliphatic heterocycles. The average molecular weight is 507 g/mol. The molecular formula is C27H46N4O5. The minimum Gasteiger partial charge on any atom is -0.393 e. The minimum absolute atomic E-state index is 0.0189. The van der Waals surface area contributed by atoms with Crippen LogP contribution >= 0.6 is 0 Å². The quantitative estimate of drug-likeness (QED) is 0.414. The SMILES string of the molecule is CN1C[C@@H](NC2CCCC3CCN(C(=O)C4C(O)CC(O)CC4OCC4CCCCN4)CC32)CC1=O. The highest BCUT2D eigenvalue weighted by atomic mass is 16.5. The van der Waals surface area contributed by atoms with Crippen molar-refractivity contribution < 1.29 is 24.5 Å². The molecule has 2 saturated carbocycles. The zero-order valence-corrected chi connectivity index (χ0v) is 21.8. The Balaban J connectivity index is 1.23. The van der Waals surface area contributed by atoms with Gasteiger partial charge in [0.15, 0.2) is 0 Å². The van der Waals surface area contributed by atoms with Gasteiger partial charge in [0.05, 0.1) is 30.8 Å². The maximum atomic E-state index is 13.9. The number of aliphatic hydroxyl groups excluding tert-OH is 2. The molecule has 0 aromatic carbocycles. The summed E-state index contributed by atoms with van der Waals surface area (Å²) in [6.07, 6.45) is 7.06. The summed E-state index contributed by atoms with van der Waals surface area (Å²) < 4.78 is 6.25. The lowest BCUT2D eigenvalue weighted by Crippen LogP contribution is -2.58. The molecule has 8 unspecified atom stereocenters. The lowest BCUT2D eigenvalue weighted by molar-refractivity contribution is -0.161. The van der Waals surface area contributed by atoms with Crippen molar-refractivity contribution >= 4 is 11.8 Å². The van der Waals surface area contributed by atoms with Crippen LogP contribution < -0.4 is 10.6 Å². The van der Waals surface area contributed by atoms with Crippen LogP contribution in [0, 0.1) is 17.8 Å². The summed E-state index contributed by atoms with van der Waals surface area (Å²) in [5.41, 5.74) is 0. The van der Waals surface area contributed by atoms with E-state index in [4.69, 9.17) is 4.74 Å². The fourth-order valence-corrected chi connectivity index (χ4v) is 7.54. The van der Waals surface area contributed by atoms with Gasteiger partial charge in [-0.1, -0.05) is 12.8 Å². The molecule has 0 aromatic rings. The van der Waals surface area contributed by atoms with E-state index in [9.17, 15) is 19.8 Å². The molecule has 0 radical (unpaired) electrons. The first kappa shape index (κ1) is 26.4. The molecule has 9 nitrogen and oxygen atoms in total. The zero-order chi connectivity index (χ0) is 25.2. The van der Waals surface area contributed by atoms with E-state index in [-0.39, 0.29) is 30.3 Å². The van der Waals surface area contributed by atoms with Crippen molar-refractivity contribution in [1.82, 2.24) is 20.4 Å². The fraction of sp³-hybridized carbons (Fsp3) is 0.926. The smallest absolute Gasteiger partial charge is 0.230 e. The molecule has 2 aliphatic carbocycles. The van der Waals surface area contributed by atoms with E-state index in [1.54, 1.807) is 4.90 Å². The number of carbonyl (C=O) groups excluding carboxylic acids is 2. The van der Waals surface area contributed by atoms with Crippen LogP contribution in [0.4, 0.5) is 0 Å². The monoisotopic (exact) mass is 506 g/mol. The Morgan fingerprint density at radius 3 is 2.72 bits per heavy atom. The maximum Gasteiger partial charge on any atom is 0.230 e. The van der Waals surface area contributed by atoms with Crippen LogP contribution in [0.15, 0.2) is 0 Å². The van der Waals surface area contributed by atoms with E-state index < -0.39 is 24.2 Å². The van der Waals surface area contributed by atoms with Gasteiger partial charge in [0.2, 0.25) is 11.8 Å². The molecule has 5 aliphatic rings. The standard InChI is InChI=1S/C27H46N4O5/c1-30-14-19(11-25(30)34)29-22-7-4-5-17-8-10-31(15-21(17)22)27(35)26-23(33)12-20(32)13-24(26)36-16-18-6-2-3-9-28-18/h17-24,26,28-29,32-33H,2-16H2,1H3/t17?,18?,19-,20?,21?,22?,23?,24?,26?/m0/s1. The topological polar surface area (TPSA) is 114 Å². The number of amides is 2. The van der Waals surface area contributed by atoms with Crippen molar-refractivity contribution in [3.63, 3.8) is 0 Å². The first-order valence-corrected chi connectivity index (χ1v) is 14.4. The number of nitrogens with zero attached hydrogens (tertiary/aromatic N) is 2. The number of likely N-dealkylation sites (N-methyl/N-ethyl adjacent to an activating group) is 1. The van der Waals surface area contributed by atoms with Gasteiger partial charge in [-0.3, -0.25) is 9.59 Å². The summed E-state index contributed by atoms with van der Waals surface area (Å²) in [6, 6.07) is 0.772. The van der Waals surface area contributed by atoms with Crippen molar-refractivity contribution in [3.8, 4) is 0 Å². The average Bonchev–Trinajstić information content (AvgIpc) is 3.19. The van der Waals surface area contributed by atoms with Crippen LogP contribution in [0.1, 0.15) is 64.2 Å². The number of rotatable bonds is 6. The number of piperidine rings is 2. The molecule has 3 heterocycles. The first-order valence-electron chi connectivity index (χ1n) is 14.4. The first-order chi connectivity index (χ1) is 17.4. The molecule has 0 aromatic heterocycles. The van der Waals surface area contributed by atoms with E-state index >= 15 is 0 Å². The molecule has 9 heteroatoms. The number of likely N-dealkylation sites (tertiary alicyclic amines) is 2. The summed E-state index contributed by atoms with van der Waals surface area (Å²) in [7, 11) is 1.87. The molecule has 4 N–H and O–H groups in total. The number of nitrogens with one attached hydrogen (secondary N) is 2. The number of ether oxygens (including phenoxy) is 1. The third kappa shape index (κ3) is 5.90. The zero-order valence-electron chi connectivity index (χ0n) is 21.8. The van der Waals surface area contributed by atoms with Gasteiger partial charge in [0.1, 0.15) is 0 Å². The lowest BCUT2D eigenvalue weighted by atomic mass is 9.71.